The van der Waals surface area contributed by atoms with Crippen LogP contribution in [0.2, 0.25) is 0 Å². The highest BCUT2D eigenvalue weighted by Crippen LogP contribution is 2.17. The summed E-state index contributed by atoms with van der Waals surface area (Å²) >= 11 is 2.20. The summed E-state index contributed by atoms with van der Waals surface area (Å²) in [6.07, 6.45) is 0. The molecule has 3 N–H and O–H groups in total. The Morgan fingerprint density at radius 1 is 1.21 bits per heavy atom. The quantitative estimate of drug-likeness (QED) is 0.648. The van der Waals surface area contributed by atoms with E-state index in [4.69, 9.17) is 5.73 Å². The van der Waals surface area contributed by atoms with Gasteiger partial charge in [0, 0.05) is 15.8 Å². The number of nitrogens with one attached hydrogen (secondary N) is 1. The van der Waals surface area contributed by atoms with E-state index >= 15 is 0 Å². The minimum absolute atomic E-state index is 0.0728. The molecule has 0 unspecified atom stereocenters. The number of nitrogen functional groups attached to an aromatic ring is 1. The van der Waals surface area contributed by atoms with Crippen LogP contribution in [0.25, 0.3) is 0 Å². The molecule has 3 nitrogen and oxygen atoms in total. The molecule has 0 bridgehead atoms. The number of carbonyl (C=O) groups excluding carboxylic acids is 1. The molecule has 0 atom stereocenters. The molecule has 2 rings (SSSR count). The van der Waals surface area contributed by atoms with Gasteiger partial charge < -0.3 is 11.1 Å². The third-order valence-electron chi connectivity index (χ3n) is 2.93. The van der Waals surface area contributed by atoms with E-state index in [1.165, 1.54) is 0 Å². The van der Waals surface area contributed by atoms with Crippen LogP contribution in [0.1, 0.15) is 21.5 Å². The van der Waals surface area contributed by atoms with Gasteiger partial charge in [-0.3, -0.25) is 4.79 Å². The first-order valence-electron chi connectivity index (χ1n) is 5.96. The first kappa shape index (κ1) is 13.9. The lowest BCUT2D eigenvalue weighted by atomic mass is 10.1. The van der Waals surface area contributed by atoms with Crippen molar-refractivity contribution >= 4 is 34.2 Å². The summed E-state index contributed by atoms with van der Waals surface area (Å²) in [6, 6.07) is 13.3. The number of amides is 1. The summed E-state index contributed by atoms with van der Waals surface area (Å²) in [4.78, 5) is 12.1. The third-order valence-corrected chi connectivity index (χ3v) is 4.36. The summed E-state index contributed by atoms with van der Waals surface area (Å²) in [5, 5.41) is 2.90. The number of nitrogens with two attached hydrogens (primary N) is 1. The van der Waals surface area contributed by atoms with Crippen molar-refractivity contribution in [1.29, 1.82) is 0 Å². The number of rotatable bonds is 3. The van der Waals surface area contributed by atoms with E-state index in [0.29, 0.717) is 17.8 Å². The van der Waals surface area contributed by atoms with Gasteiger partial charge in [0.25, 0.3) is 5.91 Å². The maximum atomic E-state index is 12.1. The van der Waals surface area contributed by atoms with Crippen molar-refractivity contribution < 1.29 is 4.79 Å². The van der Waals surface area contributed by atoms with Gasteiger partial charge in [-0.1, -0.05) is 30.3 Å². The molecule has 0 aliphatic heterocycles. The van der Waals surface area contributed by atoms with Crippen LogP contribution in [0.3, 0.4) is 0 Å². The minimum atomic E-state index is -0.0728. The fraction of sp³-hybridized carbons (Fsp3) is 0.133. The Bertz CT molecular complexity index is 611. The van der Waals surface area contributed by atoms with Crippen LogP contribution in [0, 0.1) is 10.5 Å². The van der Waals surface area contributed by atoms with Gasteiger partial charge >= 0.3 is 0 Å². The number of aryl methyl sites for hydroxylation is 1. The first-order valence-corrected chi connectivity index (χ1v) is 7.04. The normalized spacial score (nSPS) is 10.2. The van der Waals surface area contributed by atoms with Gasteiger partial charge in [-0.2, -0.15) is 0 Å². The van der Waals surface area contributed by atoms with E-state index in [9.17, 15) is 4.79 Å². The Morgan fingerprint density at radius 2 is 1.95 bits per heavy atom. The topological polar surface area (TPSA) is 55.1 Å². The second kappa shape index (κ2) is 6.06. The monoisotopic (exact) mass is 366 g/mol. The van der Waals surface area contributed by atoms with Crippen molar-refractivity contribution in [2.45, 2.75) is 13.5 Å². The zero-order valence-electron chi connectivity index (χ0n) is 10.6. The molecule has 0 saturated carbocycles. The van der Waals surface area contributed by atoms with Gasteiger partial charge in [0.2, 0.25) is 0 Å². The largest absolute Gasteiger partial charge is 0.398 e. The highest BCUT2D eigenvalue weighted by molar-refractivity contribution is 14.1. The number of benzene rings is 2. The van der Waals surface area contributed by atoms with Gasteiger partial charge in [-0.15, -0.1) is 0 Å². The maximum Gasteiger partial charge on any atom is 0.252 e. The van der Waals surface area contributed by atoms with Crippen molar-refractivity contribution in [3.05, 3.63) is 62.7 Å². The Labute approximate surface area is 126 Å². The van der Waals surface area contributed by atoms with Gasteiger partial charge in [-0.25, -0.2) is 0 Å². The maximum absolute atomic E-state index is 12.1. The number of anilines is 1. The molecule has 2 aromatic rings. The van der Waals surface area contributed by atoms with Crippen LogP contribution in [0.5, 0.6) is 0 Å². The third kappa shape index (κ3) is 3.26. The second-order valence-corrected chi connectivity index (χ2v) is 5.40. The number of halogens is 1. The van der Waals surface area contributed by atoms with Gasteiger partial charge in [0.1, 0.15) is 0 Å². The molecule has 0 aliphatic carbocycles. The second-order valence-electron chi connectivity index (χ2n) is 4.32. The van der Waals surface area contributed by atoms with Gasteiger partial charge in [-0.05, 0) is 52.8 Å². The fourth-order valence-electron chi connectivity index (χ4n) is 1.79. The molecular formula is C15H15IN2O. The van der Waals surface area contributed by atoms with Crippen LogP contribution in [0.15, 0.2) is 42.5 Å². The smallest absolute Gasteiger partial charge is 0.252 e. The molecule has 4 heteroatoms. The molecule has 0 saturated heterocycles. The summed E-state index contributed by atoms with van der Waals surface area (Å²) in [5.41, 5.74) is 9.28. The van der Waals surface area contributed by atoms with E-state index in [0.717, 1.165) is 14.7 Å². The molecule has 0 heterocycles. The number of carbonyl (C=O) groups is 1. The SMILES string of the molecule is Cc1cccc(C(=O)NCc2ccccc2N)c1I. The van der Waals surface area contributed by atoms with Crippen molar-refractivity contribution in [2.24, 2.45) is 0 Å². The number of hydrogen-bond donors (Lipinski definition) is 2. The van der Waals surface area contributed by atoms with E-state index in [1.54, 1.807) is 0 Å². The molecule has 0 aliphatic rings. The fourth-order valence-corrected chi connectivity index (χ4v) is 2.39. The van der Waals surface area contributed by atoms with Crippen molar-refractivity contribution in [3.63, 3.8) is 0 Å². The molecule has 1 amide bonds. The molecule has 0 radical (unpaired) electrons. The highest BCUT2D eigenvalue weighted by atomic mass is 127. The zero-order chi connectivity index (χ0) is 13.8. The van der Waals surface area contributed by atoms with E-state index < -0.39 is 0 Å². The Kier molecular flexibility index (Phi) is 4.42. The lowest BCUT2D eigenvalue weighted by molar-refractivity contribution is 0.0950. The lowest BCUT2D eigenvalue weighted by Crippen LogP contribution is -2.24. The van der Waals surface area contributed by atoms with E-state index in [-0.39, 0.29) is 5.91 Å². The summed E-state index contributed by atoms with van der Waals surface area (Å²) in [5.74, 6) is -0.0728. The zero-order valence-corrected chi connectivity index (χ0v) is 12.8. The molecule has 0 aromatic heterocycles. The van der Waals surface area contributed by atoms with Crippen molar-refractivity contribution in [2.75, 3.05) is 5.73 Å². The molecule has 0 spiro atoms. The van der Waals surface area contributed by atoms with Crippen LogP contribution in [-0.4, -0.2) is 5.91 Å². The average Bonchev–Trinajstić information content (AvgIpc) is 2.40. The molecule has 2 aromatic carbocycles. The summed E-state index contributed by atoms with van der Waals surface area (Å²) in [6.45, 7) is 2.43. The van der Waals surface area contributed by atoms with Crippen molar-refractivity contribution in [1.82, 2.24) is 5.32 Å². The van der Waals surface area contributed by atoms with E-state index in [1.807, 2.05) is 49.4 Å². The number of para-hydroxylation sites is 1. The van der Waals surface area contributed by atoms with Gasteiger partial charge in [0.05, 0.1) is 5.56 Å². The van der Waals surface area contributed by atoms with Crippen LogP contribution < -0.4 is 11.1 Å². The Morgan fingerprint density at radius 3 is 2.68 bits per heavy atom. The highest BCUT2D eigenvalue weighted by Gasteiger charge is 2.11. The minimum Gasteiger partial charge on any atom is -0.398 e. The molecule has 98 valence electrons. The van der Waals surface area contributed by atoms with E-state index in [2.05, 4.69) is 27.9 Å². The molecule has 19 heavy (non-hydrogen) atoms. The molecule has 0 fully saturated rings. The standard InChI is InChI=1S/C15H15IN2O/c1-10-5-4-7-12(14(10)16)15(19)18-9-11-6-2-3-8-13(11)17/h2-8H,9,17H2,1H3,(H,18,19). The first-order chi connectivity index (χ1) is 9.09. The van der Waals surface area contributed by atoms with Crippen LogP contribution >= 0.6 is 22.6 Å². The van der Waals surface area contributed by atoms with Crippen LogP contribution in [0.4, 0.5) is 5.69 Å². The summed E-state index contributed by atoms with van der Waals surface area (Å²) < 4.78 is 0.985. The predicted octanol–water partition coefficient (Wildman–Crippen LogP) is 3.11. The van der Waals surface area contributed by atoms with Gasteiger partial charge in [0.15, 0.2) is 0 Å². The summed E-state index contributed by atoms with van der Waals surface area (Å²) in [7, 11) is 0. The average molecular weight is 366 g/mol. The molecular weight excluding hydrogens is 351 g/mol. The van der Waals surface area contributed by atoms with Crippen LogP contribution in [-0.2, 0) is 6.54 Å². The van der Waals surface area contributed by atoms with Crippen molar-refractivity contribution in [3.8, 4) is 0 Å². The number of hydrogen-bond acceptors (Lipinski definition) is 2. The Hall–Kier alpha value is -1.56. The predicted molar refractivity (Wildman–Crippen MR) is 85.9 cm³/mol. The Balaban J connectivity index is 2.10. The lowest BCUT2D eigenvalue weighted by Gasteiger charge is -2.10.